The molecule has 0 radical (unpaired) electrons. The molecule has 12 heavy (non-hydrogen) atoms. The predicted octanol–water partition coefficient (Wildman–Crippen LogP) is 0.849. The second-order valence-corrected chi connectivity index (χ2v) is 5.25. The average molecular weight is 190 g/mol. The van der Waals surface area contributed by atoms with Crippen molar-refractivity contribution in [2.45, 2.75) is 36.7 Å². The Kier molecular flexibility index (Phi) is 3.26. The Morgan fingerprint density at radius 1 is 1.67 bits per heavy atom. The normalized spacial score (nSPS) is 21.5. The van der Waals surface area contributed by atoms with E-state index in [0.29, 0.717) is 5.25 Å². The van der Waals surface area contributed by atoms with Crippen LogP contribution in [0.4, 0.5) is 0 Å². The molecule has 0 N–H and O–H groups in total. The molecule has 1 fully saturated rings. The van der Waals surface area contributed by atoms with E-state index in [-0.39, 0.29) is 17.6 Å². The molecule has 2 atom stereocenters. The van der Waals surface area contributed by atoms with Gasteiger partial charge in [-0.1, -0.05) is 6.92 Å². The second-order valence-electron chi connectivity index (χ2n) is 3.12. The van der Waals surface area contributed by atoms with Gasteiger partial charge < -0.3 is 4.74 Å². The molecule has 1 aliphatic carbocycles. The number of carbonyl (C=O) groups excluding carboxylic acids is 1. The minimum absolute atomic E-state index is 0.0510. The molecule has 0 saturated heterocycles. The Hall–Kier alpha value is -0.380. The fraction of sp³-hybridized carbons (Fsp3) is 0.875. The van der Waals surface area contributed by atoms with E-state index in [1.54, 1.807) is 0 Å². The number of ether oxygens (including phenoxy) is 1. The van der Waals surface area contributed by atoms with E-state index >= 15 is 0 Å². The summed E-state index contributed by atoms with van der Waals surface area (Å²) in [5, 5.41) is 0.301. The summed E-state index contributed by atoms with van der Waals surface area (Å²) in [6.45, 7) is 1.84. The van der Waals surface area contributed by atoms with Gasteiger partial charge in [-0.15, -0.1) is 0 Å². The van der Waals surface area contributed by atoms with Crippen molar-refractivity contribution in [2.24, 2.45) is 0 Å². The van der Waals surface area contributed by atoms with E-state index in [9.17, 15) is 9.00 Å². The van der Waals surface area contributed by atoms with Crippen LogP contribution in [0.15, 0.2) is 0 Å². The van der Waals surface area contributed by atoms with Crippen LogP contribution < -0.4 is 0 Å². The zero-order chi connectivity index (χ0) is 9.14. The average Bonchev–Trinajstić information content (AvgIpc) is 2.85. The molecule has 1 saturated carbocycles. The Bertz CT molecular complexity index is 198. The number of methoxy groups -OCH3 is 1. The van der Waals surface area contributed by atoms with Crippen LogP contribution in [-0.2, 0) is 20.3 Å². The molecule has 70 valence electrons. The summed E-state index contributed by atoms with van der Waals surface area (Å²) in [6.07, 6.45) is 2.38. The fourth-order valence-electron chi connectivity index (χ4n) is 1.03. The lowest BCUT2D eigenvalue weighted by molar-refractivity contribution is -0.140. The highest BCUT2D eigenvalue weighted by molar-refractivity contribution is 7.86. The zero-order valence-corrected chi connectivity index (χ0v) is 8.23. The van der Waals surface area contributed by atoms with Crippen molar-refractivity contribution in [2.75, 3.05) is 7.11 Å². The highest BCUT2D eigenvalue weighted by Gasteiger charge is 2.32. The number of hydrogen-bond acceptors (Lipinski definition) is 3. The summed E-state index contributed by atoms with van der Waals surface area (Å²) in [5.74, 6) is -0.267. The molecule has 4 heteroatoms. The van der Waals surface area contributed by atoms with Gasteiger partial charge in [0.05, 0.1) is 13.5 Å². The van der Waals surface area contributed by atoms with Gasteiger partial charge in [0.2, 0.25) is 0 Å². The summed E-state index contributed by atoms with van der Waals surface area (Å²) in [6, 6.07) is 0. The van der Waals surface area contributed by atoms with Gasteiger partial charge in [-0.05, 0) is 12.8 Å². The molecule has 0 spiro atoms. The van der Waals surface area contributed by atoms with Crippen LogP contribution >= 0.6 is 0 Å². The molecule has 1 aliphatic rings. The van der Waals surface area contributed by atoms with Gasteiger partial charge in [-0.25, -0.2) is 0 Å². The van der Waals surface area contributed by atoms with Crippen molar-refractivity contribution >= 4 is 16.8 Å². The smallest absolute Gasteiger partial charge is 0.306 e. The Labute approximate surface area is 74.9 Å². The monoisotopic (exact) mass is 190 g/mol. The minimum Gasteiger partial charge on any atom is -0.469 e. The summed E-state index contributed by atoms with van der Waals surface area (Å²) in [5.41, 5.74) is 0. The van der Waals surface area contributed by atoms with E-state index in [4.69, 9.17) is 0 Å². The lowest BCUT2D eigenvalue weighted by atomic mass is 10.3. The first-order valence-electron chi connectivity index (χ1n) is 4.11. The number of rotatable bonds is 4. The molecule has 0 aromatic carbocycles. The van der Waals surface area contributed by atoms with E-state index in [1.807, 2.05) is 6.92 Å². The van der Waals surface area contributed by atoms with Crippen molar-refractivity contribution in [3.63, 3.8) is 0 Å². The summed E-state index contributed by atoms with van der Waals surface area (Å²) in [7, 11) is 0.528. The SMILES string of the molecule is COC(=O)CC(C)S(=O)C1CC1. The van der Waals surface area contributed by atoms with Crippen LogP contribution in [0.3, 0.4) is 0 Å². The Morgan fingerprint density at radius 2 is 2.25 bits per heavy atom. The van der Waals surface area contributed by atoms with Gasteiger partial charge in [0.1, 0.15) is 0 Å². The molecule has 0 aromatic rings. The maximum Gasteiger partial charge on any atom is 0.306 e. The first-order valence-corrected chi connectivity index (χ1v) is 5.39. The second kappa shape index (κ2) is 4.03. The highest BCUT2D eigenvalue weighted by atomic mass is 32.2. The molecular formula is C8H14O3S. The quantitative estimate of drug-likeness (QED) is 0.617. The summed E-state index contributed by atoms with van der Waals surface area (Å²) in [4.78, 5) is 10.8. The number of esters is 1. The molecule has 0 bridgehead atoms. The Morgan fingerprint density at radius 3 is 2.67 bits per heavy atom. The molecule has 2 unspecified atom stereocenters. The molecule has 0 heterocycles. The van der Waals surface area contributed by atoms with Gasteiger partial charge >= 0.3 is 5.97 Å². The molecule has 0 aliphatic heterocycles. The minimum atomic E-state index is -0.828. The molecule has 1 rings (SSSR count). The third-order valence-corrected chi connectivity index (χ3v) is 4.02. The predicted molar refractivity (Wildman–Crippen MR) is 47.3 cm³/mol. The van der Waals surface area contributed by atoms with Crippen LogP contribution in [0.2, 0.25) is 0 Å². The van der Waals surface area contributed by atoms with Gasteiger partial charge in [0.25, 0.3) is 0 Å². The van der Waals surface area contributed by atoms with Crippen molar-refractivity contribution in [3.05, 3.63) is 0 Å². The largest absolute Gasteiger partial charge is 0.469 e. The topological polar surface area (TPSA) is 43.4 Å². The fourth-order valence-corrected chi connectivity index (χ4v) is 2.59. The van der Waals surface area contributed by atoms with Crippen molar-refractivity contribution < 1.29 is 13.7 Å². The maximum atomic E-state index is 11.5. The third-order valence-electron chi connectivity index (χ3n) is 1.93. The van der Waals surface area contributed by atoms with E-state index in [2.05, 4.69) is 4.74 Å². The molecule has 3 nitrogen and oxygen atoms in total. The molecule has 0 amide bonds. The van der Waals surface area contributed by atoms with Crippen molar-refractivity contribution in [1.29, 1.82) is 0 Å². The summed E-state index contributed by atoms with van der Waals surface area (Å²) >= 11 is 0. The first-order chi connectivity index (χ1) is 5.65. The van der Waals surface area contributed by atoms with Crippen LogP contribution in [0, 0.1) is 0 Å². The maximum absolute atomic E-state index is 11.5. The lowest BCUT2D eigenvalue weighted by Gasteiger charge is -2.08. The van der Waals surface area contributed by atoms with E-state index in [0.717, 1.165) is 12.8 Å². The van der Waals surface area contributed by atoms with Crippen LogP contribution in [0.25, 0.3) is 0 Å². The van der Waals surface area contributed by atoms with Crippen LogP contribution in [-0.4, -0.2) is 27.8 Å². The van der Waals surface area contributed by atoms with Crippen LogP contribution in [0.1, 0.15) is 26.2 Å². The Balaban J connectivity index is 2.31. The molecular weight excluding hydrogens is 176 g/mol. The number of carbonyl (C=O) groups is 1. The van der Waals surface area contributed by atoms with E-state index < -0.39 is 10.8 Å². The summed E-state index contributed by atoms with van der Waals surface area (Å²) < 4.78 is 16.0. The van der Waals surface area contributed by atoms with Gasteiger partial charge in [0, 0.05) is 21.3 Å². The lowest BCUT2D eigenvalue weighted by Crippen LogP contribution is -2.19. The highest BCUT2D eigenvalue weighted by Crippen LogP contribution is 2.29. The molecule has 0 aromatic heterocycles. The van der Waals surface area contributed by atoms with Crippen molar-refractivity contribution in [1.82, 2.24) is 0 Å². The van der Waals surface area contributed by atoms with Gasteiger partial charge in [0.15, 0.2) is 0 Å². The van der Waals surface area contributed by atoms with Gasteiger partial charge in [-0.3, -0.25) is 9.00 Å². The van der Waals surface area contributed by atoms with E-state index in [1.165, 1.54) is 7.11 Å². The third kappa shape index (κ3) is 2.59. The van der Waals surface area contributed by atoms with Gasteiger partial charge in [-0.2, -0.15) is 0 Å². The number of hydrogen-bond donors (Lipinski definition) is 0. The standard InChI is InChI=1S/C8H14O3S/c1-6(5-8(9)11-2)12(10)7-3-4-7/h6-7H,3-5H2,1-2H3. The first kappa shape index (κ1) is 9.71. The van der Waals surface area contributed by atoms with Crippen LogP contribution in [0.5, 0.6) is 0 Å². The van der Waals surface area contributed by atoms with Crippen molar-refractivity contribution in [3.8, 4) is 0 Å². The zero-order valence-electron chi connectivity index (χ0n) is 7.41.